The maximum Gasteiger partial charge on any atom is 0.332 e. The first kappa shape index (κ1) is 22.4. The lowest BCUT2D eigenvalue weighted by molar-refractivity contribution is -0.356. The van der Waals surface area contributed by atoms with Crippen LogP contribution in [-0.4, -0.2) is 31.1 Å². The molecule has 156 valence electrons. The van der Waals surface area contributed by atoms with Gasteiger partial charge in [-0.3, -0.25) is 5.41 Å². The number of carbonyl (C=O) groups is 1. The second-order valence-electron chi connectivity index (χ2n) is 7.22. The number of nitrogens with zero attached hydrogens (tertiary/aromatic N) is 1. The van der Waals surface area contributed by atoms with Crippen LogP contribution in [0.5, 0.6) is 0 Å². The van der Waals surface area contributed by atoms with Crippen molar-refractivity contribution in [1.82, 2.24) is 5.06 Å². The van der Waals surface area contributed by atoms with E-state index in [1.807, 2.05) is 18.2 Å². The van der Waals surface area contributed by atoms with Crippen LogP contribution < -0.4 is 0 Å². The molecule has 1 heterocycles. The zero-order valence-corrected chi connectivity index (χ0v) is 17.5. The molecule has 0 fully saturated rings. The SMILES string of the molecule is CCCCCCCCCCCC(=O)ON1C(=N)c2ccccc2C1(OC)OC. The number of unbranched alkanes of at least 4 members (excludes halogenated alkanes) is 8. The van der Waals surface area contributed by atoms with Gasteiger partial charge in [-0.05, 0) is 6.42 Å². The Balaban J connectivity index is 1.79. The van der Waals surface area contributed by atoms with Crippen molar-refractivity contribution < 1.29 is 19.1 Å². The first-order chi connectivity index (χ1) is 13.6. The van der Waals surface area contributed by atoms with Gasteiger partial charge in [-0.1, -0.05) is 82.6 Å². The highest BCUT2D eigenvalue weighted by Crippen LogP contribution is 2.40. The Hall–Kier alpha value is -1.92. The summed E-state index contributed by atoms with van der Waals surface area (Å²) in [5.41, 5.74) is 1.28. The normalized spacial score (nSPS) is 15.0. The van der Waals surface area contributed by atoms with Crippen LogP contribution in [0.4, 0.5) is 0 Å². The predicted octanol–water partition coefficient (Wildman–Crippen LogP) is 5.11. The molecule has 0 saturated carbocycles. The van der Waals surface area contributed by atoms with E-state index in [0.717, 1.165) is 24.3 Å². The number of carbonyl (C=O) groups excluding carboxylic acids is 1. The second-order valence-corrected chi connectivity index (χ2v) is 7.22. The van der Waals surface area contributed by atoms with Crippen LogP contribution in [0.25, 0.3) is 0 Å². The van der Waals surface area contributed by atoms with Gasteiger partial charge in [0.05, 0.1) is 0 Å². The molecule has 6 heteroatoms. The second kappa shape index (κ2) is 11.2. The fourth-order valence-electron chi connectivity index (χ4n) is 3.63. The highest BCUT2D eigenvalue weighted by Gasteiger charge is 2.52. The molecule has 28 heavy (non-hydrogen) atoms. The average Bonchev–Trinajstić information content (AvgIpc) is 2.95. The van der Waals surface area contributed by atoms with E-state index in [9.17, 15) is 4.79 Å². The van der Waals surface area contributed by atoms with Crippen LogP contribution in [0, 0.1) is 5.41 Å². The highest BCUT2D eigenvalue weighted by atomic mass is 16.8. The zero-order valence-electron chi connectivity index (χ0n) is 17.5. The summed E-state index contributed by atoms with van der Waals surface area (Å²) >= 11 is 0. The maximum atomic E-state index is 12.4. The van der Waals surface area contributed by atoms with Crippen LogP contribution in [0.3, 0.4) is 0 Å². The fourth-order valence-corrected chi connectivity index (χ4v) is 3.63. The summed E-state index contributed by atoms with van der Waals surface area (Å²) in [6.07, 6.45) is 11.0. The number of fused-ring (bicyclic) bond motifs is 1. The summed E-state index contributed by atoms with van der Waals surface area (Å²) in [5.74, 6) is -1.74. The molecule has 1 N–H and O–H groups in total. The van der Waals surface area contributed by atoms with Crippen molar-refractivity contribution in [1.29, 1.82) is 5.41 Å². The molecule has 2 rings (SSSR count). The molecule has 1 aliphatic rings. The summed E-state index contributed by atoms with van der Waals surface area (Å²) in [4.78, 5) is 17.8. The van der Waals surface area contributed by atoms with Gasteiger partial charge in [-0.2, -0.15) is 0 Å². The van der Waals surface area contributed by atoms with Gasteiger partial charge in [-0.15, -0.1) is 5.06 Å². The first-order valence-electron chi connectivity index (χ1n) is 10.4. The summed E-state index contributed by atoms with van der Waals surface area (Å²) in [6, 6.07) is 7.27. The molecule has 0 atom stereocenters. The Morgan fingerprint density at radius 1 is 0.964 bits per heavy atom. The van der Waals surface area contributed by atoms with Crippen molar-refractivity contribution in [2.75, 3.05) is 14.2 Å². The number of rotatable bonds is 13. The Morgan fingerprint density at radius 3 is 2.14 bits per heavy atom. The highest BCUT2D eigenvalue weighted by molar-refractivity contribution is 6.01. The molecular formula is C22H34N2O4. The van der Waals surface area contributed by atoms with Gasteiger partial charge in [-0.25, -0.2) is 4.79 Å². The van der Waals surface area contributed by atoms with Crippen molar-refractivity contribution in [2.45, 2.75) is 77.0 Å². The first-order valence-corrected chi connectivity index (χ1v) is 10.4. The number of hydrogen-bond acceptors (Lipinski definition) is 5. The number of benzene rings is 1. The van der Waals surface area contributed by atoms with Crippen LogP contribution >= 0.6 is 0 Å². The lowest BCUT2D eigenvalue weighted by Crippen LogP contribution is -2.47. The van der Waals surface area contributed by atoms with Crippen molar-refractivity contribution in [3.8, 4) is 0 Å². The van der Waals surface area contributed by atoms with E-state index < -0.39 is 5.91 Å². The van der Waals surface area contributed by atoms with E-state index in [2.05, 4.69) is 6.92 Å². The van der Waals surface area contributed by atoms with E-state index in [4.69, 9.17) is 19.7 Å². The van der Waals surface area contributed by atoms with E-state index in [1.54, 1.807) is 6.07 Å². The number of nitrogens with one attached hydrogen (secondary N) is 1. The van der Waals surface area contributed by atoms with Crippen LogP contribution in [-0.2, 0) is 25.0 Å². The van der Waals surface area contributed by atoms with Gasteiger partial charge < -0.3 is 14.3 Å². The number of hydroxylamine groups is 2. The molecule has 0 aliphatic carbocycles. The summed E-state index contributed by atoms with van der Waals surface area (Å²) in [5, 5.41) is 9.50. The minimum Gasteiger partial charge on any atom is -0.334 e. The van der Waals surface area contributed by atoms with Gasteiger partial charge in [0.15, 0.2) is 5.84 Å². The fraction of sp³-hybridized carbons (Fsp3) is 0.636. The third kappa shape index (κ3) is 5.11. The maximum absolute atomic E-state index is 12.4. The topological polar surface area (TPSA) is 71.9 Å². The van der Waals surface area contributed by atoms with Crippen molar-refractivity contribution >= 4 is 11.8 Å². The number of hydrogen-bond donors (Lipinski definition) is 1. The summed E-state index contributed by atoms with van der Waals surface area (Å²) in [7, 11) is 2.94. The average molecular weight is 391 g/mol. The van der Waals surface area contributed by atoms with Gasteiger partial charge in [0.25, 0.3) is 0 Å². The molecule has 1 aromatic rings. The van der Waals surface area contributed by atoms with E-state index in [-0.39, 0.29) is 11.8 Å². The monoisotopic (exact) mass is 390 g/mol. The minimum atomic E-state index is -1.41. The van der Waals surface area contributed by atoms with Crippen molar-refractivity contribution in [3.63, 3.8) is 0 Å². The van der Waals surface area contributed by atoms with Gasteiger partial charge in [0.1, 0.15) is 0 Å². The third-order valence-electron chi connectivity index (χ3n) is 5.22. The minimum absolute atomic E-state index is 0.0553. The molecule has 0 radical (unpaired) electrons. The molecule has 0 saturated heterocycles. The Kier molecular flexibility index (Phi) is 8.93. The molecular weight excluding hydrogens is 356 g/mol. The molecule has 0 spiro atoms. The zero-order chi connectivity index (χ0) is 20.4. The van der Waals surface area contributed by atoms with Crippen molar-refractivity contribution in [2.24, 2.45) is 0 Å². The Bertz CT molecular complexity index is 643. The molecule has 1 aromatic carbocycles. The largest absolute Gasteiger partial charge is 0.334 e. The number of ether oxygens (including phenoxy) is 2. The molecule has 0 bridgehead atoms. The summed E-state index contributed by atoms with van der Waals surface area (Å²) < 4.78 is 11.1. The van der Waals surface area contributed by atoms with E-state index in [0.29, 0.717) is 17.5 Å². The van der Waals surface area contributed by atoms with E-state index in [1.165, 1.54) is 52.7 Å². The lowest BCUT2D eigenvalue weighted by Gasteiger charge is -2.34. The molecule has 1 aliphatic heterocycles. The third-order valence-corrected chi connectivity index (χ3v) is 5.22. The lowest BCUT2D eigenvalue weighted by atomic mass is 10.1. The summed E-state index contributed by atoms with van der Waals surface area (Å²) in [6.45, 7) is 2.23. The Morgan fingerprint density at radius 2 is 1.54 bits per heavy atom. The molecule has 0 unspecified atom stereocenters. The number of amidine groups is 1. The van der Waals surface area contributed by atoms with Crippen LogP contribution in [0.15, 0.2) is 24.3 Å². The quantitative estimate of drug-likeness (QED) is 0.374. The van der Waals surface area contributed by atoms with Gasteiger partial charge in [0, 0.05) is 31.8 Å². The van der Waals surface area contributed by atoms with Gasteiger partial charge in [0.2, 0.25) is 0 Å². The smallest absolute Gasteiger partial charge is 0.332 e. The number of methoxy groups -OCH3 is 2. The molecule has 6 nitrogen and oxygen atoms in total. The Labute approximate surface area is 168 Å². The van der Waals surface area contributed by atoms with Crippen LogP contribution in [0.2, 0.25) is 0 Å². The van der Waals surface area contributed by atoms with Crippen LogP contribution in [0.1, 0.15) is 82.3 Å². The van der Waals surface area contributed by atoms with E-state index >= 15 is 0 Å². The van der Waals surface area contributed by atoms with Gasteiger partial charge >= 0.3 is 11.9 Å². The predicted molar refractivity (Wildman–Crippen MR) is 109 cm³/mol. The molecule has 0 amide bonds. The van der Waals surface area contributed by atoms with Crippen molar-refractivity contribution in [3.05, 3.63) is 35.4 Å². The molecule has 0 aromatic heterocycles. The standard InChI is InChI=1S/C22H34N2O4/c1-4-5-6-7-8-9-10-11-12-17-20(25)28-24-21(23)18-15-13-14-16-19(18)22(24,26-2)27-3/h13-16,23H,4-12,17H2,1-3H3.